The summed E-state index contributed by atoms with van der Waals surface area (Å²) in [5.74, 6) is -1.56. The van der Waals surface area contributed by atoms with Gasteiger partial charge in [0.25, 0.3) is 5.56 Å². The van der Waals surface area contributed by atoms with Crippen LogP contribution < -0.4 is 5.56 Å². The molecule has 4 N–H and O–H groups in total. The highest BCUT2D eigenvalue weighted by atomic mass is 32.1. The van der Waals surface area contributed by atoms with Gasteiger partial charge in [0.15, 0.2) is 10.8 Å². The van der Waals surface area contributed by atoms with Crippen molar-refractivity contribution >= 4 is 35.3 Å². The number of aromatic nitrogens is 3. The van der Waals surface area contributed by atoms with E-state index in [-0.39, 0.29) is 16.8 Å². The van der Waals surface area contributed by atoms with Crippen molar-refractivity contribution in [3.63, 3.8) is 0 Å². The predicted molar refractivity (Wildman–Crippen MR) is 120 cm³/mol. The normalized spacial score (nSPS) is 12.4. The Hall–Kier alpha value is -3.98. The van der Waals surface area contributed by atoms with Crippen molar-refractivity contribution in [2.45, 2.75) is 12.5 Å². The van der Waals surface area contributed by atoms with Crippen molar-refractivity contribution < 1.29 is 15.0 Å². The third kappa shape index (κ3) is 4.03. The molecule has 0 spiro atoms. The third-order valence-corrected chi connectivity index (χ3v) is 5.18. The molecule has 1 unspecified atom stereocenters. The van der Waals surface area contributed by atoms with Crippen LogP contribution in [0.25, 0.3) is 16.6 Å². The van der Waals surface area contributed by atoms with E-state index >= 15 is 0 Å². The highest BCUT2D eigenvalue weighted by Gasteiger charge is 2.19. The standard InChI is InChI=1S/C22H18N4O4S/c27-19-16(20(28)26(22(31)25-19)14-6-2-1-3-7-14)12-24-18(21(29)30)10-13-11-23-17-9-5-4-8-15(13)17/h1-9,11-12,18,23,28H,10H2,(H,29,30)(H,25,27,31). The number of aliphatic carboxylic acids is 1. The summed E-state index contributed by atoms with van der Waals surface area (Å²) in [6, 6.07) is 15.2. The molecule has 0 aliphatic heterocycles. The van der Waals surface area contributed by atoms with Gasteiger partial charge < -0.3 is 15.2 Å². The Bertz CT molecular complexity index is 1400. The zero-order valence-electron chi connectivity index (χ0n) is 16.1. The summed E-state index contributed by atoms with van der Waals surface area (Å²) in [6.07, 6.45) is 2.94. The Labute approximate surface area is 181 Å². The highest BCUT2D eigenvalue weighted by molar-refractivity contribution is 7.71. The van der Waals surface area contributed by atoms with E-state index in [4.69, 9.17) is 12.2 Å². The molecule has 0 aliphatic carbocycles. The number of para-hydroxylation sites is 2. The third-order valence-electron chi connectivity index (χ3n) is 4.89. The van der Waals surface area contributed by atoms with Crippen LogP contribution >= 0.6 is 12.2 Å². The molecule has 0 radical (unpaired) electrons. The SMILES string of the molecule is O=C(O)C(Cc1c[nH]c2ccccc12)N=Cc1c(O)n(-c2ccccc2)c(=S)[nH]c1=O. The number of carboxylic acids is 1. The number of carboxylic acid groups (broad SMARTS) is 1. The average Bonchev–Trinajstić information content (AvgIpc) is 3.16. The van der Waals surface area contributed by atoms with Gasteiger partial charge in [-0.05, 0) is 36.0 Å². The number of hydrogen-bond donors (Lipinski definition) is 4. The Morgan fingerprint density at radius 3 is 2.61 bits per heavy atom. The summed E-state index contributed by atoms with van der Waals surface area (Å²) in [5, 5.41) is 21.2. The molecular weight excluding hydrogens is 416 g/mol. The fraction of sp³-hybridized carbons (Fsp3) is 0.0909. The lowest BCUT2D eigenvalue weighted by molar-refractivity contribution is -0.138. The van der Waals surface area contributed by atoms with Crippen molar-refractivity contribution in [2.24, 2.45) is 4.99 Å². The summed E-state index contributed by atoms with van der Waals surface area (Å²) >= 11 is 5.17. The molecule has 2 heterocycles. The molecule has 9 heteroatoms. The fourth-order valence-electron chi connectivity index (χ4n) is 3.35. The minimum atomic E-state index is -1.15. The van der Waals surface area contributed by atoms with Gasteiger partial charge >= 0.3 is 5.97 Å². The number of aromatic amines is 2. The van der Waals surface area contributed by atoms with E-state index in [0.717, 1.165) is 22.7 Å². The second-order valence-electron chi connectivity index (χ2n) is 6.86. The molecule has 1 atom stereocenters. The smallest absolute Gasteiger partial charge is 0.328 e. The van der Waals surface area contributed by atoms with Crippen LogP contribution in [-0.2, 0) is 11.2 Å². The van der Waals surface area contributed by atoms with Gasteiger partial charge in [0.05, 0.1) is 5.69 Å². The van der Waals surface area contributed by atoms with Gasteiger partial charge in [0.2, 0.25) is 5.88 Å². The molecule has 0 saturated carbocycles. The molecule has 0 bridgehead atoms. The summed E-state index contributed by atoms with van der Waals surface area (Å²) in [7, 11) is 0. The van der Waals surface area contributed by atoms with Crippen LogP contribution in [0.2, 0.25) is 0 Å². The van der Waals surface area contributed by atoms with E-state index in [1.807, 2.05) is 24.3 Å². The lowest BCUT2D eigenvalue weighted by Crippen LogP contribution is -2.23. The number of aliphatic imine (C=N–C) groups is 1. The first-order chi connectivity index (χ1) is 15.0. The second-order valence-corrected chi connectivity index (χ2v) is 7.25. The molecule has 31 heavy (non-hydrogen) atoms. The summed E-state index contributed by atoms with van der Waals surface area (Å²) in [4.78, 5) is 33.9. The molecule has 8 nitrogen and oxygen atoms in total. The number of hydrogen-bond acceptors (Lipinski definition) is 5. The zero-order valence-corrected chi connectivity index (χ0v) is 17.0. The van der Waals surface area contributed by atoms with E-state index in [9.17, 15) is 19.8 Å². The maximum atomic E-state index is 12.4. The lowest BCUT2D eigenvalue weighted by Gasteiger charge is -2.11. The van der Waals surface area contributed by atoms with Gasteiger partial charge in [-0.25, -0.2) is 4.79 Å². The topological polar surface area (TPSA) is 123 Å². The molecule has 0 amide bonds. The first kappa shape index (κ1) is 20.3. The van der Waals surface area contributed by atoms with Crippen LogP contribution in [0.15, 0.2) is 70.6 Å². The Morgan fingerprint density at radius 2 is 1.87 bits per heavy atom. The number of benzene rings is 2. The summed E-state index contributed by atoms with van der Waals surface area (Å²) < 4.78 is 1.30. The first-order valence-electron chi connectivity index (χ1n) is 9.40. The van der Waals surface area contributed by atoms with Crippen LogP contribution in [-0.4, -0.2) is 43.0 Å². The largest absolute Gasteiger partial charge is 0.494 e. The van der Waals surface area contributed by atoms with Gasteiger partial charge in [0.1, 0.15) is 5.56 Å². The molecular formula is C22H18N4O4S. The van der Waals surface area contributed by atoms with Crippen LogP contribution in [0.3, 0.4) is 0 Å². The van der Waals surface area contributed by atoms with E-state index in [2.05, 4.69) is 15.0 Å². The molecule has 4 rings (SSSR count). The first-order valence-corrected chi connectivity index (χ1v) is 9.81. The van der Waals surface area contributed by atoms with E-state index < -0.39 is 23.5 Å². The number of aromatic hydroxyl groups is 1. The molecule has 4 aromatic rings. The van der Waals surface area contributed by atoms with Crippen molar-refractivity contribution in [1.82, 2.24) is 14.5 Å². The minimum absolute atomic E-state index is 0.0134. The quantitative estimate of drug-likeness (QED) is 0.274. The summed E-state index contributed by atoms with van der Waals surface area (Å²) in [5.41, 5.74) is 1.39. The average molecular weight is 434 g/mol. The van der Waals surface area contributed by atoms with Crippen LogP contribution in [0.1, 0.15) is 11.1 Å². The van der Waals surface area contributed by atoms with Crippen LogP contribution in [0, 0.1) is 4.77 Å². The van der Waals surface area contributed by atoms with Crippen LogP contribution in [0.5, 0.6) is 5.88 Å². The van der Waals surface area contributed by atoms with Gasteiger partial charge in [-0.2, -0.15) is 0 Å². The maximum absolute atomic E-state index is 12.4. The zero-order chi connectivity index (χ0) is 22.0. The van der Waals surface area contributed by atoms with Gasteiger partial charge in [-0.1, -0.05) is 36.4 Å². The number of nitrogens with one attached hydrogen (secondary N) is 2. The summed E-state index contributed by atoms with van der Waals surface area (Å²) in [6.45, 7) is 0. The second kappa shape index (κ2) is 8.41. The van der Waals surface area contributed by atoms with Gasteiger partial charge in [-0.15, -0.1) is 0 Å². The molecule has 156 valence electrons. The number of carbonyl (C=O) groups is 1. The van der Waals surface area contributed by atoms with Gasteiger partial charge in [-0.3, -0.25) is 19.3 Å². The van der Waals surface area contributed by atoms with Crippen molar-refractivity contribution in [3.05, 3.63) is 87.0 Å². The molecule has 2 aromatic heterocycles. The number of fused-ring (bicyclic) bond motifs is 1. The van der Waals surface area contributed by atoms with E-state index in [1.165, 1.54) is 4.57 Å². The minimum Gasteiger partial charge on any atom is -0.494 e. The Balaban J connectivity index is 1.71. The van der Waals surface area contributed by atoms with Crippen LogP contribution in [0.4, 0.5) is 0 Å². The molecule has 0 saturated heterocycles. The highest BCUT2D eigenvalue weighted by Crippen LogP contribution is 2.21. The van der Waals surface area contributed by atoms with Gasteiger partial charge in [0, 0.05) is 29.7 Å². The van der Waals surface area contributed by atoms with E-state index in [1.54, 1.807) is 36.5 Å². The van der Waals surface area contributed by atoms with Crippen molar-refractivity contribution in [2.75, 3.05) is 0 Å². The number of H-pyrrole nitrogens is 2. The fourth-order valence-corrected chi connectivity index (χ4v) is 3.63. The monoisotopic (exact) mass is 434 g/mol. The molecule has 0 aliphatic rings. The van der Waals surface area contributed by atoms with E-state index in [0.29, 0.717) is 5.69 Å². The Morgan fingerprint density at radius 1 is 1.16 bits per heavy atom. The number of nitrogens with zero attached hydrogens (tertiary/aromatic N) is 2. The molecule has 2 aromatic carbocycles. The Kier molecular flexibility index (Phi) is 5.50. The van der Waals surface area contributed by atoms with Crippen molar-refractivity contribution in [3.8, 4) is 11.6 Å². The van der Waals surface area contributed by atoms with Crippen molar-refractivity contribution in [1.29, 1.82) is 0 Å². The number of rotatable bonds is 6. The molecule has 0 fully saturated rings. The lowest BCUT2D eigenvalue weighted by atomic mass is 10.1. The predicted octanol–water partition coefficient (Wildman–Crippen LogP) is 3.20. The maximum Gasteiger partial charge on any atom is 0.328 e.